The van der Waals surface area contributed by atoms with E-state index in [0.29, 0.717) is 12.1 Å². The maximum atomic E-state index is 12.3. The number of benzene rings is 1. The van der Waals surface area contributed by atoms with Crippen LogP contribution in [0, 0.1) is 5.41 Å². The van der Waals surface area contributed by atoms with Gasteiger partial charge in [0.25, 0.3) is 5.91 Å². The zero-order chi connectivity index (χ0) is 26.4. The molecule has 3 rings (SSSR count). The van der Waals surface area contributed by atoms with E-state index in [1.807, 2.05) is 74.1 Å². The van der Waals surface area contributed by atoms with Gasteiger partial charge in [0, 0.05) is 49.4 Å². The second-order valence-electron chi connectivity index (χ2n) is 6.45. The Morgan fingerprint density at radius 2 is 1.33 bits per heavy atom. The Bertz CT molecular complexity index is 648. The third-order valence-corrected chi connectivity index (χ3v) is 4.69. The van der Waals surface area contributed by atoms with Crippen molar-refractivity contribution >= 4 is 11.6 Å². The zero-order valence-corrected chi connectivity index (χ0v) is 23.4. The van der Waals surface area contributed by atoms with Crippen molar-refractivity contribution in [1.29, 1.82) is 0 Å². The molecule has 0 bridgehead atoms. The van der Waals surface area contributed by atoms with E-state index in [1.165, 1.54) is 5.69 Å². The molecule has 1 amide bonds. The molecule has 0 radical (unpaired) electrons. The largest absolute Gasteiger partial charge is 0.370 e. The molecule has 1 aromatic rings. The fraction of sp³-hybridized carbons (Fsp3) is 0.552. The Balaban J connectivity index is -0.000000798. The number of rotatable bonds is 5. The highest BCUT2D eigenvalue weighted by molar-refractivity contribution is 5.97. The molecule has 2 heterocycles. The van der Waals surface area contributed by atoms with Crippen LogP contribution in [0.4, 0.5) is 5.69 Å². The molecule has 2 aliphatic heterocycles. The first-order valence-electron chi connectivity index (χ1n) is 12.9. The van der Waals surface area contributed by atoms with Crippen LogP contribution in [-0.2, 0) is 11.3 Å². The van der Waals surface area contributed by atoms with Crippen molar-refractivity contribution in [2.75, 3.05) is 31.1 Å². The van der Waals surface area contributed by atoms with Gasteiger partial charge in [-0.25, -0.2) is 0 Å². The van der Waals surface area contributed by atoms with Gasteiger partial charge in [-0.05, 0) is 17.7 Å². The summed E-state index contributed by atoms with van der Waals surface area (Å²) in [7, 11) is 0. The fourth-order valence-corrected chi connectivity index (χ4v) is 3.43. The lowest BCUT2D eigenvalue weighted by Crippen LogP contribution is -2.73. The average Bonchev–Trinajstić information content (AvgIpc) is 2.87. The second-order valence-corrected chi connectivity index (χ2v) is 6.45. The third kappa shape index (κ3) is 10.4. The molecule has 1 aromatic carbocycles. The first-order valence-corrected chi connectivity index (χ1v) is 12.9. The number of nitrogens with zero attached hydrogens (tertiary/aromatic N) is 2. The smallest absolute Gasteiger partial charge is 0.253 e. The predicted octanol–water partition coefficient (Wildman–Crippen LogP) is 7.22. The zero-order valence-electron chi connectivity index (χ0n) is 23.4. The molecule has 0 atom stereocenters. The minimum Gasteiger partial charge on any atom is -0.370 e. The Hall–Kier alpha value is -2.33. The van der Waals surface area contributed by atoms with Gasteiger partial charge in [-0.2, -0.15) is 0 Å². The van der Waals surface area contributed by atoms with Crippen LogP contribution in [0.1, 0.15) is 74.8 Å². The van der Waals surface area contributed by atoms with E-state index in [4.69, 9.17) is 5.73 Å². The summed E-state index contributed by atoms with van der Waals surface area (Å²) in [5.41, 5.74) is 8.89. The van der Waals surface area contributed by atoms with E-state index in [2.05, 4.69) is 42.3 Å². The van der Waals surface area contributed by atoms with Crippen molar-refractivity contribution in [2.24, 2.45) is 11.1 Å². The molecule has 0 aliphatic carbocycles. The van der Waals surface area contributed by atoms with Crippen LogP contribution in [0.25, 0.3) is 0 Å². The number of anilines is 1. The van der Waals surface area contributed by atoms with E-state index in [-0.39, 0.29) is 11.3 Å². The van der Waals surface area contributed by atoms with Crippen molar-refractivity contribution in [3.05, 3.63) is 66.8 Å². The quantitative estimate of drug-likeness (QED) is 0.373. The van der Waals surface area contributed by atoms with Crippen LogP contribution in [0.5, 0.6) is 0 Å². The van der Waals surface area contributed by atoms with Gasteiger partial charge in [0.05, 0.1) is 0 Å². The van der Waals surface area contributed by atoms with E-state index >= 15 is 0 Å². The highest BCUT2D eigenvalue weighted by Gasteiger charge is 2.53. The number of carbonyl (C=O) groups excluding carboxylic acids is 1. The molecule has 2 N–H and O–H groups in total. The van der Waals surface area contributed by atoms with Crippen molar-refractivity contribution in [3.63, 3.8) is 0 Å². The highest BCUT2D eigenvalue weighted by atomic mass is 16.2. The van der Waals surface area contributed by atoms with E-state index < -0.39 is 0 Å². The maximum absolute atomic E-state index is 12.3. The summed E-state index contributed by atoms with van der Waals surface area (Å²) < 4.78 is 0. The maximum Gasteiger partial charge on any atom is 0.253 e. The number of hydrogen-bond acceptors (Lipinski definition) is 3. The van der Waals surface area contributed by atoms with Gasteiger partial charge in [-0.1, -0.05) is 113 Å². The number of carbonyl (C=O) groups is 1. The lowest BCUT2D eigenvalue weighted by molar-refractivity contribution is -0.140. The summed E-state index contributed by atoms with van der Waals surface area (Å²) in [5, 5.41) is 0. The number of amides is 1. The van der Waals surface area contributed by atoms with Crippen LogP contribution < -0.4 is 10.6 Å². The Morgan fingerprint density at radius 3 is 1.70 bits per heavy atom. The first-order chi connectivity index (χ1) is 16.1. The lowest BCUT2D eigenvalue weighted by Gasteiger charge is -2.61. The molecule has 2 saturated heterocycles. The van der Waals surface area contributed by atoms with Crippen LogP contribution in [0.15, 0.2) is 61.2 Å². The minimum atomic E-state index is 0.0521. The van der Waals surface area contributed by atoms with Crippen molar-refractivity contribution in [1.82, 2.24) is 4.90 Å². The SMILES string of the molecule is C=C/C=C(\C=C)C(=O)N1CC2(C1)CN(c1ccc(CN)cc1)C2.CC.CC.CC.CC.CC. The fourth-order valence-electron chi connectivity index (χ4n) is 3.43. The molecular weight excluding hydrogens is 406 g/mol. The third-order valence-electron chi connectivity index (χ3n) is 4.69. The number of hydrogen-bond donors (Lipinski definition) is 1. The van der Waals surface area contributed by atoms with Gasteiger partial charge >= 0.3 is 0 Å². The standard InChI is InChI=1S/C19H23N3O.5C2H6/c1-3-5-16(4-2)18(23)22-13-19(14-22)11-21(12-19)17-8-6-15(10-20)7-9-17;5*1-2/h3-9H,1-2,10-14,20H2;5*1-2H3/b16-5+;;;;;. The van der Waals surface area contributed by atoms with Crippen LogP contribution >= 0.6 is 0 Å². The van der Waals surface area contributed by atoms with Crippen LogP contribution in [-0.4, -0.2) is 37.0 Å². The molecular formula is C29H53N3O. The van der Waals surface area contributed by atoms with Gasteiger partial charge in [0.2, 0.25) is 0 Å². The molecule has 33 heavy (non-hydrogen) atoms. The Labute approximate surface area is 206 Å². The molecule has 190 valence electrons. The number of allylic oxidation sites excluding steroid dienone is 2. The van der Waals surface area contributed by atoms with E-state index in [9.17, 15) is 4.79 Å². The molecule has 4 heteroatoms. The van der Waals surface area contributed by atoms with Gasteiger partial charge in [0.1, 0.15) is 0 Å². The second kappa shape index (κ2) is 21.5. The molecule has 2 aliphatic rings. The molecule has 0 unspecified atom stereocenters. The number of likely N-dealkylation sites (tertiary alicyclic amines) is 1. The first kappa shape index (κ1) is 35.3. The van der Waals surface area contributed by atoms with Gasteiger partial charge < -0.3 is 15.5 Å². The summed E-state index contributed by atoms with van der Waals surface area (Å²) in [5.74, 6) is 0.0521. The van der Waals surface area contributed by atoms with Gasteiger partial charge in [-0.3, -0.25) is 4.79 Å². The van der Waals surface area contributed by atoms with Crippen LogP contribution in [0.2, 0.25) is 0 Å². The topological polar surface area (TPSA) is 49.6 Å². The normalized spacial score (nSPS) is 14.2. The lowest BCUT2D eigenvalue weighted by atomic mass is 9.72. The summed E-state index contributed by atoms with van der Waals surface area (Å²) in [6, 6.07) is 8.40. The highest BCUT2D eigenvalue weighted by Crippen LogP contribution is 2.42. The molecule has 4 nitrogen and oxygen atoms in total. The minimum absolute atomic E-state index is 0.0521. The predicted molar refractivity (Wildman–Crippen MR) is 151 cm³/mol. The Kier molecular flexibility index (Phi) is 23.0. The molecule has 0 saturated carbocycles. The van der Waals surface area contributed by atoms with Gasteiger partial charge in [0.15, 0.2) is 0 Å². The monoisotopic (exact) mass is 459 g/mol. The van der Waals surface area contributed by atoms with Gasteiger partial charge in [-0.15, -0.1) is 0 Å². The summed E-state index contributed by atoms with van der Waals surface area (Å²) in [6.45, 7) is 31.6. The van der Waals surface area contributed by atoms with Crippen molar-refractivity contribution in [3.8, 4) is 0 Å². The summed E-state index contributed by atoms with van der Waals surface area (Å²) >= 11 is 0. The Morgan fingerprint density at radius 1 is 0.879 bits per heavy atom. The van der Waals surface area contributed by atoms with Crippen molar-refractivity contribution in [2.45, 2.75) is 75.8 Å². The molecule has 0 aromatic heterocycles. The number of nitrogens with two attached hydrogens (primary N) is 1. The molecule has 2 fully saturated rings. The van der Waals surface area contributed by atoms with E-state index in [1.54, 1.807) is 18.2 Å². The van der Waals surface area contributed by atoms with Crippen LogP contribution in [0.3, 0.4) is 0 Å². The summed E-state index contributed by atoms with van der Waals surface area (Å²) in [6.07, 6.45) is 4.94. The molecule has 1 spiro atoms. The van der Waals surface area contributed by atoms with Crippen molar-refractivity contribution < 1.29 is 4.79 Å². The summed E-state index contributed by atoms with van der Waals surface area (Å²) in [4.78, 5) is 16.6. The average molecular weight is 460 g/mol. The van der Waals surface area contributed by atoms with E-state index in [0.717, 1.165) is 31.7 Å².